The van der Waals surface area contributed by atoms with E-state index in [1.807, 2.05) is 0 Å². The van der Waals surface area contributed by atoms with E-state index in [1.165, 1.54) is 0 Å². The lowest BCUT2D eigenvalue weighted by molar-refractivity contribution is 0.115. The van der Waals surface area contributed by atoms with Gasteiger partial charge in [0, 0.05) is 19.3 Å². The summed E-state index contributed by atoms with van der Waals surface area (Å²) in [6.45, 7) is 1.30. The third-order valence-electron chi connectivity index (χ3n) is 3.10. The van der Waals surface area contributed by atoms with Crippen molar-refractivity contribution in [2.45, 2.75) is 25.3 Å². The molecule has 0 saturated carbocycles. The molecule has 3 heterocycles. The van der Waals surface area contributed by atoms with Crippen LogP contribution >= 0.6 is 0 Å². The third kappa shape index (κ3) is 2.40. The summed E-state index contributed by atoms with van der Waals surface area (Å²) in [6.07, 6.45) is 2.51. The lowest BCUT2D eigenvalue weighted by atomic mass is 10.1. The molecular formula is C10H12F2N6O. The Bertz CT molecular complexity index is 528. The number of piperidine rings is 1. The molecule has 0 aliphatic carbocycles. The van der Waals surface area contributed by atoms with Gasteiger partial charge in [-0.25, -0.2) is 4.68 Å². The first-order chi connectivity index (χ1) is 9.24. The Kier molecular flexibility index (Phi) is 3.10. The minimum atomic E-state index is -2.74. The van der Waals surface area contributed by atoms with Gasteiger partial charge in [0.15, 0.2) is 0 Å². The van der Waals surface area contributed by atoms with Gasteiger partial charge in [-0.1, -0.05) is 10.3 Å². The Morgan fingerprint density at radius 1 is 1.37 bits per heavy atom. The van der Waals surface area contributed by atoms with Gasteiger partial charge >= 0.3 is 12.4 Å². The van der Waals surface area contributed by atoms with Crippen molar-refractivity contribution in [3.8, 4) is 0 Å². The summed E-state index contributed by atoms with van der Waals surface area (Å²) < 4.78 is 31.5. The zero-order valence-corrected chi connectivity index (χ0v) is 9.99. The number of halogens is 2. The Balaban J connectivity index is 1.74. The first-order valence-electron chi connectivity index (χ1n) is 5.96. The van der Waals surface area contributed by atoms with Crippen molar-refractivity contribution >= 4 is 6.01 Å². The van der Waals surface area contributed by atoms with Crippen LogP contribution in [0.2, 0.25) is 0 Å². The Morgan fingerprint density at radius 2 is 2.26 bits per heavy atom. The first-order valence-corrected chi connectivity index (χ1v) is 5.96. The highest BCUT2D eigenvalue weighted by Gasteiger charge is 2.26. The van der Waals surface area contributed by atoms with Crippen molar-refractivity contribution in [2.75, 3.05) is 18.0 Å². The van der Waals surface area contributed by atoms with Gasteiger partial charge in [-0.2, -0.15) is 8.78 Å². The molecule has 0 N–H and O–H groups in total. The zero-order chi connectivity index (χ0) is 13.2. The number of aromatic nitrogens is 5. The molecule has 9 heteroatoms. The number of hydrogen-bond donors (Lipinski definition) is 0. The van der Waals surface area contributed by atoms with Gasteiger partial charge in [0.2, 0.25) is 0 Å². The van der Waals surface area contributed by atoms with Crippen LogP contribution in [0.25, 0.3) is 0 Å². The number of anilines is 1. The maximum Gasteiger partial charge on any atom is 0.318 e. The van der Waals surface area contributed by atoms with Crippen LogP contribution in [0.5, 0.6) is 0 Å². The molecule has 0 amide bonds. The minimum Gasteiger partial charge on any atom is -0.402 e. The van der Waals surface area contributed by atoms with Crippen molar-refractivity contribution in [2.24, 2.45) is 0 Å². The van der Waals surface area contributed by atoms with Crippen LogP contribution in [0.4, 0.5) is 14.8 Å². The Labute approximate surface area is 107 Å². The predicted octanol–water partition coefficient (Wildman–Crippen LogP) is 1.44. The van der Waals surface area contributed by atoms with Gasteiger partial charge in [0.25, 0.3) is 5.89 Å². The highest BCUT2D eigenvalue weighted by atomic mass is 19.3. The SMILES string of the molecule is FC(F)c1nnc(N2CCCC(n3ccnn3)C2)o1. The van der Waals surface area contributed by atoms with Gasteiger partial charge in [0.05, 0.1) is 12.2 Å². The Hall–Kier alpha value is -2.06. The second kappa shape index (κ2) is 4.90. The van der Waals surface area contributed by atoms with Crippen molar-refractivity contribution in [1.29, 1.82) is 0 Å². The topological polar surface area (TPSA) is 72.9 Å². The summed E-state index contributed by atoms with van der Waals surface area (Å²) >= 11 is 0. The molecule has 0 bridgehead atoms. The molecule has 0 aromatic carbocycles. The molecule has 0 radical (unpaired) electrons. The van der Waals surface area contributed by atoms with Gasteiger partial charge < -0.3 is 9.32 Å². The van der Waals surface area contributed by atoms with E-state index in [-0.39, 0.29) is 12.1 Å². The summed E-state index contributed by atoms with van der Waals surface area (Å²) in [4.78, 5) is 1.80. The zero-order valence-electron chi connectivity index (χ0n) is 9.99. The molecule has 1 fully saturated rings. The monoisotopic (exact) mass is 270 g/mol. The molecule has 1 aliphatic rings. The van der Waals surface area contributed by atoms with Gasteiger partial charge in [-0.05, 0) is 12.8 Å². The van der Waals surface area contributed by atoms with Crippen LogP contribution in [0.15, 0.2) is 16.8 Å². The fourth-order valence-corrected chi connectivity index (χ4v) is 2.20. The van der Waals surface area contributed by atoms with Crippen LogP contribution < -0.4 is 4.90 Å². The molecule has 1 atom stereocenters. The van der Waals surface area contributed by atoms with Crippen molar-refractivity contribution in [1.82, 2.24) is 25.2 Å². The summed E-state index contributed by atoms with van der Waals surface area (Å²) in [5.74, 6) is -0.641. The first kappa shape index (κ1) is 12.0. The fraction of sp³-hybridized carbons (Fsp3) is 0.600. The van der Waals surface area contributed by atoms with E-state index in [1.54, 1.807) is 22.0 Å². The second-order valence-electron chi connectivity index (χ2n) is 4.35. The van der Waals surface area contributed by atoms with Crippen LogP contribution in [0.3, 0.4) is 0 Å². The number of nitrogens with zero attached hydrogens (tertiary/aromatic N) is 6. The van der Waals surface area contributed by atoms with E-state index in [9.17, 15) is 8.78 Å². The predicted molar refractivity (Wildman–Crippen MR) is 59.8 cm³/mol. The highest BCUT2D eigenvalue weighted by Crippen LogP contribution is 2.26. The molecule has 3 rings (SSSR count). The standard InChI is InChI=1S/C10H12F2N6O/c11-8(12)9-14-15-10(19-9)17-4-1-2-7(6-17)18-5-3-13-16-18/h3,5,7-8H,1-2,4,6H2. The van der Waals surface area contributed by atoms with E-state index in [0.29, 0.717) is 13.1 Å². The van der Waals surface area contributed by atoms with Gasteiger partial charge in [0.1, 0.15) is 0 Å². The molecule has 2 aromatic rings. The van der Waals surface area contributed by atoms with E-state index < -0.39 is 12.3 Å². The number of alkyl halides is 2. The highest BCUT2D eigenvalue weighted by molar-refractivity contribution is 5.25. The van der Waals surface area contributed by atoms with Gasteiger partial charge in [-0.15, -0.1) is 10.2 Å². The van der Waals surface area contributed by atoms with E-state index in [2.05, 4.69) is 20.5 Å². The molecule has 102 valence electrons. The maximum atomic E-state index is 12.4. The Morgan fingerprint density at radius 3 is 2.95 bits per heavy atom. The number of rotatable bonds is 3. The van der Waals surface area contributed by atoms with Crippen molar-refractivity contribution < 1.29 is 13.2 Å². The average Bonchev–Trinajstić information content (AvgIpc) is 3.10. The van der Waals surface area contributed by atoms with E-state index in [4.69, 9.17) is 4.42 Å². The summed E-state index contributed by atoms with van der Waals surface area (Å²) in [5.41, 5.74) is 0. The van der Waals surface area contributed by atoms with Crippen LogP contribution in [0.1, 0.15) is 31.2 Å². The smallest absolute Gasteiger partial charge is 0.318 e. The summed E-state index contributed by atoms with van der Waals surface area (Å²) in [7, 11) is 0. The molecule has 1 saturated heterocycles. The quantitative estimate of drug-likeness (QED) is 0.840. The third-order valence-corrected chi connectivity index (χ3v) is 3.10. The molecular weight excluding hydrogens is 258 g/mol. The van der Waals surface area contributed by atoms with E-state index >= 15 is 0 Å². The molecule has 19 heavy (non-hydrogen) atoms. The molecule has 1 unspecified atom stereocenters. The van der Waals surface area contributed by atoms with Crippen LogP contribution in [0, 0.1) is 0 Å². The second-order valence-corrected chi connectivity index (χ2v) is 4.35. The van der Waals surface area contributed by atoms with Crippen LogP contribution in [-0.2, 0) is 0 Å². The molecule has 7 nitrogen and oxygen atoms in total. The lowest BCUT2D eigenvalue weighted by Gasteiger charge is -2.30. The average molecular weight is 270 g/mol. The summed E-state index contributed by atoms with van der Waals surface area (Å²) in [5, 5.41) is 14.7. The minimum absolute atomic E-state index is 0.137. The molecule has 0 spiro atoms. The lowest BCUT2D eigenvalue weighted by Crippen LogP contribution is -2.37. The van der Waals surface area contributed by atoms with Crippen molar-refractivity contribution in [3.05, 3.63) is 18.3 Å². The summed E-state index contributed by atoms with van der Waals surface area (Å²) in [6, 6.07) is 0.276. The van der Waals surface area contributed by atoms with Crippen LogP contribution in [-0.4, -0.2) is 38.3 Å². The number of hydrogen-bond acceptors (Lipinski definition) is 6. The normalized spacial score (nSPS) is 20.2. The van der Waals surface area contributed by atoms with Gasteiger partial charge in [-0.3, -0.25) is 0 Å². The molecule has 1 aliphatic heterocycles. The molecule has 2 aromatic heterocycles. The van der Waals surface area contributed by atoms with Crippen molar-refractivity contribution in [3.63, 3.8) is 0 Å². The fourth-order valence-electron chi connectivity index (χ4n) is 2.20. The maximum absolute atomic E-state index is 12.4. The van der Waals surface area contributed by atoms with E-state index in [0.717, 1.165) is 12.8 Å². The largest absolute Gasteiger partial charge is 0.402 e.